The molecule has 0 bridgehead atoms. The van der Waals surface area contributed by atoms with E-state index in [1.165, 1.54) is 0 Å². The Bertz CT molecular complexity index is 1740. The van der Waals surface area contributed by atoms with E-state index >= 15 is 0 Å². The summed E-state index contributed by atoms with van der Waals surface area (Å²) in [7, 11) is 1.87. The van der Waals surface area contributed by atoms with Crippen molar-refractivity contribution in [3.63, 3.8) is 0 Å². The van der Waals surface area contributed by atoms with Gasteiger partial charge in [-0.25, -0.2) is 0 Å². The minimum absolute atomic E-state index is 0.0849. The Kier molecular flexibility index (Phi) is 8.04. The van der Waals surface area contributed by atoms with Crippen LogP contribution in [0.5, 0.6) is 0 Å². The van der Waals surface area contributed by atoms with E-state index in [9.17, 15) is 9.59 Å². The number of ether oxygens (including phenoxy) is 1. The molecule has 2 aliphatic heterocycles. The van der Waals surface area contributed by atoms with E-state index in [0.717, 1.165) is 53.9 Å². The van der Waals surface area contributed by atoms with Crippen molar-refractivity contribution in [1.29, 1.82) is 0 Å². The van der Waals surface area contributed by atoms with Crippen molar-refractivity contribution in [3.05, 3.63) is 112 Å². The third-order valence-corrected chi connectivity index (χ3v) is 7.92. The standard InChI is InChI=1S/C33H35N7O3/c1-21-3-5-23(6-4-21)28-19-40(17-22-9-11-43-12-10-22)20-29(31(28)41)33(42)38-26-7-8-30(35-16-26)27-13-24(14-36-32(27)34)25-15-37-39(2)18-25/h3-8,13-16,18-20,22,32,36H,9-12,17,34H2,1-2H3,(H,38,42). The van der Waals surface area contributed by atoms with Gasteiger partial charge in [0.05, 0.1) is 23.8 Å². The molecule has 1 atom stereocenters. The molecule has 220 valence electrons. The maximum Gasteiger partial charge on any atom is 0.261 e. The topological polar surface area (TPSA) is 129 Å². The van der Waals surface area contributed by atoms with E-state index in [2.05, 4.69) is 20.7 Å². The van der Waals surface area contributed by atoms with Crippen molar-refractivity contribution < 1.29 is 9.53 Å². The second-order valence-corrected chi connectivity index (χ2v) is 11.2. The normalized spacial score (nSPS) is 17.1. The number of allylic oxidation sites excluding steroid dienone is 2. The van der Waals surface area contributed by atoms with Gasteiger partial charge in [-0.15, -0.1) is 0 Å². The first kappa shape index (κ1) is 28.3. The molecule has 1 fully saturated rings. The van der Waals surface area contributed by atoms with E-state index < -0.39 is 12.1 Å². The van der Waals surface area contributed by atoms with E-state index in [-0.39, 0.29) is 11.0 Å². The summed E-state index contributed by atoms with van der Waals surface area (Å²) in [5.41, 5.74) is 12.3. The van der Waals surface area contributed by atoms with Gasteiger partial charge in [-0.2, -0.15) is 5.10 Å². The number of carbonyl (C=O) groups is 1. The van der Waals surface area contributed by atoms with Crippen LogP contribution in [0.25, 0.3) is 22.3 Å². The van der Waals surface area contributed by atoms with Gasteiger partial charge in [-0.05, 0) is 49.5 Å². The molecule has 4 aromatic rings. The fourth-order valence-corrected chi connectivity index (χ4v) is 5.44. The van der Waals surface area contributed by atoms with Gasteiger partial charge >= 0.3 is 0 Å². The lowest BCUT2D eigenvalue weighted by Gasteiger charge is -2.23. The first-order valence-corrected chi connectivity index (χ1v) is 14.4. The van der Waals surface area contributed by atoms with Crippen molar-refractivity contribution in [2.45, 2.75) is 32.5 Å². The fraction of sp³-hybridized carbons (Fsp3) is 0.273. The monoisotopic (exact) mass is 577 g/mol. The molecule has 10 nitrogen and oxygen atoms in total. The summed E-state index contributed by atoms with van der Waals surface area (Å²) >= 11 is 0. The molecule has 0 radical (unpaired) electrons. The van der Waals surface area contributed by atoms with Gasteiger partial charge in [-0.3, -0.25) is 19.3 Å². The van der Waals surface area contributed by atoms with Gasteiger partial charge in [0.25, 0.3) is 5.91 Å². The highest BCUT2D eigenvalue weighted by molar-refractivity contribution is 6.04. The maximum atomic E-state index is 13.6. The maximum absolute atomic E-state index is 13.6. The molecule has 10 heteroatoms. The van der Waals surface area contributed by atoms with Crippen LogP contribution in [0, 0.1) is 12.8 Å². The second-order valence-electron chi connectivity index (χ2n) is 11.2. The highest BCUT2D eigenvalue weighted by atomic mass is 16.5. The predicted octanol–water partition coefficient (Wildman–Crippen LogP) is 3.94. The Hall–Kier alpha value is -4.80. The molecule has 0 spiro atoms. The lowest BCUT2D eigenvalue weighted by atomic mass is 9.99. The number of amides is 1. The minimum Gasteiger partial charge on any atom is -0.381 e. The zero-order valence-electron chi connectivity index (χ0n) is 24.3. The van der Waals surface area contributed by atoms with Crippen molar-refractivity contribution in [1.82, 2.24) is 24.6 Å². The molecule has 3 aromatic heterocycles. The SMILES string of the molecule is Cc1ccc(-c2cn(CC3CCOCC3)cc(C(=O)Nc3ccc(C4=CC(c5cnn(C)c5)=CNC4N)nc3)c2=O)cc1. The van der Waals surface area contributed by atoms with E-state index in [1.54, 1.807) is 35.4 Å². The van der Waals surface area contributed by atoms with Crippen molar-refractivity contribution in [2.24, 2.45) is 18.7 Å². The van der Waals surface area contributed by atoms with Crippen molar-refractivity contribution in [2.75, 3.05) is 18.5 Å². The Morgan fingerprint density at radius 1 is 1.07 bits per heavy atom. The van der Waals surface area contributed by atoms with E-state index in [4.69, 9.17) is 10.5 Å². The van der Waals surface area contributed by atoms with Crippen LogP contribution in [0.2, 0.25) is 0 Å². The summed E-state index contributed by atoms with van der Waals surface area (Å²) < 4.78 is 9.23. The summed E-state index contributed by atoms with van der Waals surface area (Å²) in [6.45, 7) is 4.16. The molecule has 0 aliphatic carbocycles. The fourth-order valence-electron chi connectivity index (χ4n) is 5.44. The first-order chi connectivity index (χ1) is 20.8. The van der Waals surface area contributed by atoms with E-state index in [0.29, 0.717) is 29.4 Å². The van der Waals surface area contributed by atoms with Crippen LogP contribution in [0.1, 0.15) is 40.0 Å². The summed E-state index contributed by atoms with van der Waals surface area (Å²) in [4.78, 5) is 31.7. The van der Waals surface area contributed by atoms with Gasteiger partial charge in [0, 0.05) is 73.9 Å². The third kappa shape index (κ3) is 6.35. The quantitative estimate of drug-likeness (QED) is 0.303. The van der Waals surface area contributed by atoms with E-state index in [1.807, 2.05) is 67.5 Å². The number of nitrogens with zero attached hydrogens (tertiary/aromatic N) is 4. The molecular weight excluding hydrogens is 542 g/mol. The summed E-state index contributed by atoms with van der Waals surface area (Å²) in [6, 6.07) is 11.3. The van der Waals surface area contributed by atoms with Gasteiger partial charge in [0.15, 0.2) is 0 Å². The number of rotatable bonds is 7. The van der Waals surface area contributed by atoms with Gasteiger partial charge in [0.2, 0.25) is 5.43 Å². The summed E-state index contributed by atoms with van der Waals surface area (Å²) in [5, 5.41) is 10.3. The number of aryl methyl sites for hydroxylation is 2. The molecule has 5 heterocycles. The lowest BCUT2D eigenvalue weighted by Crippen LogP contribution is -2.37. The molecule has 1 amide bonds. The molecular formula is C33H35N7O3. The molecule has 0 saturated carbocycles. The Labute approximate surface area is 249 Å². The Morgan fingerprint density at radius 2 is 1.86 bits per heavy atom. The zero-order chi connectivity index (χ0) is 29.9. The molecule has 6 rings (SSSR count). The van der Waals surface area contributed by atoms with Crippen LogP contribution in [0.15, 0.2) is 84.5 Å². The van der Waals surface area contributed by atoms with Crippen LogP contribution in [0.3, 0.4) is 0 Å². The number of nitrogens with two attached hydrogens (primary N) is 1. The number of anilines is 1. The van der Waals surface area contributed by atoms with Crippen LogP contribution in [0.4, 0.5) is 5.69 Å². The Morgan fingerprint density at radius 3 is 2.56 bits per heavy atom. The van der Waals surface area contributed by atoms with Crippen LogP contribution in [-0.4, -0.2) is 44.6 Å². The molecule has 2 aliphatic rings. The minimum atomic E-state index is -0.480. The van der Waals surface area contributed by atoms with Crippen LogP contribution in [-0.2, 0) is 18.3 Å². The van der Waals surface area contributed by atoms with Crippen molar-refractivity contribution in [3.8, 4) is 11.1 Å². The Balaban J connectivity index is 1.25. The summed E-state index contributed by atoms with van der Waals surface area (Å²) in [5.74, 6) is -0.0653. The molecule has 1 aromatic carbocycles. The third-order valence-electron chi connectivity index (χ3n) is 7.92. The highest BCUT2D eigenvalue weighted by Crippen LogP contribution is 2.26. The number of nitrogens with one attached hydrogen (secondary N) is 2. The van der Waals surface area contributed by atoms with Gasteiger partial charge in [-0.1, -0.05) is 29.8 Å². The number of hydrogen-bond donors (Lipinski definition) is 3. The van der Waals surface area contributed by atoms with Gasteiger partial charge < -0.3 is 25.7 Å². The summed E-state index contributed by atoms with van der Waals surface area (Å²) in [6.07, 6.45) is 14.1. The largest absolute Gasteiger partial charge is 0.381 e. The molecule has 4 N–H and O–H groups in total. The zero-order valence-corrected chi connectivity index (χ0v) is 24.3. The molecule has 1 unspecified atom stereocenters. The highest BCUT2D eigenvalue weighted by Gasteiger charge is 2.21. The van der Waals surface area contributed by atoms with Crippen LogP contribution >= 0.6 is 0 Å². The number of pyridine rings is 2. The molecule has 1 saturated heterocycles. The van der Waals surface area contributed by atoms with Gasteiger partial charge in [0.1, 0.15) is 11.7 Å². The number of benzene rings is 1. The lowest BCUT2D eigenvalue weighted by molar-refractivity contribution is 0.0612. The first-order valence-electron chi connectivity index (χ1n) is 14.4. The number of hydrogen-bond acceptors (Lipinski definition) is 7. The number of aromatic nitrogens is 4. The molecule has 43 heavy (non-hydrogen) atoms. The average molecular weight is 578 g/mol. The van der Waals surface area contributed by atoms with Crippen LogP contribution < -0.4 is 21.8 Å². The predicted molar refractivity (Wildman–Crippen MR) is 167 cm³/mol. The average Bonchev–Trinajstić information content (AvgIpc) is 3.46. The second kappa shape index (κ2) is 12.2. The smallest absolute Gasteiger partial charge is 0.261 e. The number of dihydropyridines is 1. The van der Waals surface area contributed by atoms with Crippen molar-refractivity contribution >= 4 is 22.7 Å². The number of carbonyl (C=O) groups excluding carboxylic acids is 1.